The zero-order valence-corrected chi connectivity index (χ0v) is 10.9. The van der Waals surface area contributed by atoms with E-state index in [9.17, 15) is 9.59 Å². The SMILES string of the molecule is O=c1[nH]n(-c2cn3ccccc3n2)c(=O)c2ccccc12. The van der Waals surface area contributed by atoms with E-state index in [0.717, 1.165) is 0 Å². The summed E-state index contributed by atoms with van der Waals surface area (Å²) in [4.78, 5) is 28.9. The van der Waals surface area contributed by atoms with Crippen LogP contribution in [0.4, 0.5) is 0 Å². The molecule has 0 atom stereocenters. The maximum Gasteiger partial charge on any atom is 0.279 e. The van der Waals surface area contributed by atoms with Gasteiger partial charge in [-0.3, -0.25) is 14.7 Å². The summed E-state index contributed by atoms with van der Waals surface area (Å²) in [5.41, 5.74) is 0.0873. The minimum atomic E-state index is -0.317. The van der Waals surface area contributed by atoms with E-state index in [1.165, 1.54) is 4.68 Å². The lowest BCUT2D eigenvalue weighted by atomic mass is 10.2. The highest BCUT2D eigenvalue weighted by molar-refractivity contribution is 5.80. The van der Waals surface area contributed by atoms with E-state index >= 15 is 0 Å². The Labute approximate surface area is 117 Å². The van der Waals surface area contributed by atoms with Gasteiger partial charge >= 0.3 is 0 Å². The molecule has 0 radical (unpaired) electrons. The molecule has 0 fully saturated rings. The molecule has 4 rings (SSSR count). The molecule has 0 aliphatic heterocycles. The van der Waals surface area contributed by atoms with Crippen LogP contribution < -0.4 is 11.1 Å². The van der Waals surface area contributed by atoms with Gasteiger partial charge in [0, 0.05) is 6.20 Å². The highest BCUT2D eigenvalue weighted by Crippen LogP contribution is 2.08. The van der Waals surface area contributed by atoms with Crippen molar-refractivity contribution in [3.63, 3.8) is 0 Å². The van der Waals surface area contributed by atoms with Gasteiger partial charge in [-0.2, -0.15) is 4.68 Å². The van der Waals surface area contributed by atoms with Gasteiger partial charge in [-0.05, 0) is 24.3 Å². The molecule has 1 aromatic carbocycles. The van der Waals surface area contributed by atoms with Gasteiger partial charge < -0.3 is 4.40 Å². The van der Waals surface area contributed by atoms with Crippen molar-refractivity contribution in [1.82, 2.24) is 19.2 Å². The first-order valence-electron chi connectivity index (χ1n) is 6.42. The number of pyridine rings is 1. The normalized spacial score (nSPS) is 11.2. The second-order valence-electron chi connectivity index (χ2n) is 4.69. The summed E-state index contributed by atoms with van der Waals surface area (Å²) in [5, 5.41) is 3.32. The fourth-order valence-electron chi connectivity index (χ4n) is 2.39. The molecule has 3 heterocycles. The first-order chi connectivity index (χ1) is 10.2. The Morgan fingerprint density at radius 3 is 2.52 bits per heavy atom. The van der Waals surface area contributed by atoms with Crippen LogP contribution >= 0.6 is 0 Å². The number of H-pyrrole nitrogens is 1. The number of hydrogen-bond acceptors (Lipinski definition) is 3. The molecule has 3 aromatic heterocycles. The van der Waals surface area contributed by atoms with E-state index in [1.54, 1.807) is 34.9 Å². The summed E-state index contributed by atoms with van der Waals surface area (Å²) in [6.07, 6.45) is 3.53. The number of aromatic nitrogens is 4. The Morgan fingerprint density at radius 1 is 0.952 bits per heavy atom. The van der Waals surface area contributed by atoms with Crippen molar-refractivity contribution in [1.29, 1.82) is 0 Å². The second-order valence-corrected chi connectivity index (χ2v) is 4.69. The fraction of sp³-hybridized carbons (Fsp3) is 0. The first-order valence-corrected chi connectivity index (χ1v) is 6.42. The van der Waals surface area contributed by atoms with E-state index in [-0.39, 0.29) is 11.1 Å². The van der Waals surface area contributed by atoms with E-state index in [4.69, 9.17) is 0 Å². The Bertz CT molecular complexity index is 1050. The number of imidazole rings is 1. The summed E-state index contributed by atoms with van der Waals surface area (Å²) in [7, 11) is 0. The molecule has 102 valence electrons. The molecule has 0 saturated carbocycles. The van der Waals surface area contributed by atoms with Crippen LogP contribution in [0.3, 0.4) is 0 Å². The molecule has 0 saturated heterocycles. The number of nitrogens with zero attached hydrogens (tertiary/aromatic N) is 3. The summed E-state index contributed by atoms with van der Waals surface area (Å²) < 4.78 is 2.97. The van der Waals surface area contributed by atoms with Crippen LogP contribution in [0.25, 0.3) is 22.2 Å². The van der Waals surface area contributed by atoms with Crippen LogP contribution in [-0.2, 0) is 0 Å². The molecule has 0 bridgehead atoms. The third kappa shape index (κ3) is 1.69. The van der Waals surface area contributed by atoms with Crippen molar-refractivity contribution < 1.29 is 0 Å². The van der Waals surface area contributed by atoms with Crippen LogP contribution in [0.5, 0.6) is 0 Å². The highest BCUT2D eigenvalue weighted by atomic mass is 16.2. The van der Waals surface area contributed by atoms with E-state index in [0.29, 0.717) is 22.2 Å². The smallest absolute Gasteiger partial charge is 0.279 e. The van der Waals surface area contributed by atoms with Crippen LogP contribution in [-0.4, -0.2) is 19.2 Å². The van der Waals surface area contributed by atoms with Crippen molar-refractivity contribution in [3.8, 4) is 5.82 Å². The minimum absolute atomic E-state index is 0.298. The Balaban J connectivity index is 2.09. The molecule has 0 unspecified atom stereocenters. The quantitative estimate of drug-likeness (QED) is 0.571. The van der Waals surface area contributed by atoms with Crippen molar-refractivity contribution in [2.75, 3.05) is 0 Å². The topological polar surface area (TPSA) is 72.2 Å². The molecule has 0 spiro atoms. The summed E-state index contributed by atoms with van der Waals surface area (Å²) in [5.74, 6) is 0.383. The lowest BCUT2D eigenvalue weighted by molar-refractivity contribution is 0.783. The Morgan fingerprint density at radius 2 is 1.71 bits per heavy atom. The number of aromatic amines is 1. The second kappa shape index (κ2) is 4.17. The molecule has 0 amide bonds. The van der Waals surface area contributed by atoms with Crippen LogP contribution in [0.1, 0.15) is 0 Å². The molecule has 0 aliphatic rings. The average Bonchev–Trinajstić information content (AvgIpc) is 2.94. The third-order valence-electron chi connectivity index (χ3n) is 3.40. The molecule has 6 heteroatoms. The minimum Gasteiger partial charge on any atom is -0.305 e. The first kappa shape index (κ1) is 11.7. The molecule has 0 aliphatic carbocycles. The van der Waals surface area contributed by atoms with Crippen LogP contribution in [0.15, 0.2) is 64.4 Å². The van der Waals surface area contributed by atoms with Gasteiger partial charge in [0.1, 0.15) is 5.65 Å². The molecule has 1 N–H and O–H groups in total. The van der Waals surface area contributed by atoms with Gasteiger partial charge in [-0.1, -0.05) is 18.2 Å². The van der Waals surface area contributed by atoms with E-state index in [2.05, 4.69) is 10.1 Å². The highest BCUT2D eigenvalue weighted by Gasteiger charge is 2.10. The largest absolute Gasteiger partial charge is 0.305 e. The molecule has 6 nitrogen and oxygen atoms in total. The van der Waals surface area contributed by atoms with Crippen molar-refractivity contribution >= 4 is 16.4 Å². The summed E-state index contributed by atoms with van der Waals surface area (Å²) in [6.45, 7) is 0. The molecular formula is C15H10N4O2. The Kier molecular flexibility index (Phi) is 2.32. The van der Waals surface area contributed by atoms with Crippen molar-refractivity contribution in [2.45, 2.75) is 0 Å². The molecular weight excluding hydrogens is 268 g/mol. The standard InChI is InChI=1S/C15H10N4O2/c20-14-10-5-1-2-6-11(10)15(21)19(17-14)13-9-18-8-4-3-7-12(18)16-13/h1-9H,(H,17,20). The zero-order chi connectivity index (χ0) is 14.4. The summed E-state index contributed by atoms with van der Waals surface area (Å²) >= 11 is 0. The van der Waals surface area contributed by atoms with Crippen LogP contribution in [0, 0.1) is 0 Å². The maximum absolute atomic E-state index is 12.5. The maximum atomic E-state index is 12.5. The number of nitrogens with one attached hydrogen (secondary N) is 1. The van der Waals surface area contributed by atoms with Crippen molar-refractivity contribution in [3.05, 3.63) is 75.6 Å². The number of hydrogen-bond donors (Lipinski definition) is 1. The molecule has 4 aromatic rings. The number of fused-ring (bicyclic) bond motifs is 2. The predicted octanol–water partition coefficient (Wildman–Crippen LogP) is 1.33. The van der Waals surface area contributed by atoms with Gasteiger partial charge in [0.05, 0.1) is 17.0 Å². The number of benzene rings is 1. The predicted molar refractivity (Wildman–Crippen MR) is 78.9 cm³/mol. The van der Waals surface area contributed by atoms with Gasteiger partial charge in [0.2, 0.25) is 0 Å². The fourth-order valence-corrected chi connectivity index (χ4v) is 2.39. The summed E-state index contributed by atoms with van der Waals surface area (Å²) in [6, 6.07) is 12.3. The zero-order valence-electron chi connectivity index (χ0n) is 10.9. The van der Waals surface area contributed by atoms with Crippen LogP contribution in [0.2, 0.25) is 0 Å². The lowest BCUT2D eigenvalue weighted by Gasteiger charge is -2.03. The average molecular weight is 278 g/mol. The Hall–Kier alpha value is -3.15. The third-order valence-corrected chi connectivity index (χ3v) is 3.40. The van der Waals surface area contributed by atoms with Gasteiger partial charge in [0.15, 0.2) is 5.82 Å². The van der Waals surface area contributed by atoms with Gasteiger partial charge in [-0.15, -0.1) is 0 Å². The van der Waals surface area contributed by atoms with E-state index in [1.807, 2.05) is 24.4 Å². The van der Waals surface area contributed by atoms with Gasteiger partial charge in [-0.25, -0.2) is 4.98 Å². The van der Waals surface area contributed by atoms with Crippen molar-refractivity contribution in [2.24, 2.45) is 0 Å². The van der Waals surface area contributed by atoms with Gasteiger partial charge in [0.25, 0.3) is 11.1 Å². The molecule has 21 heavy (non-hydrogen) atoms. The van der Waals surface area contributed by atoms with E-state index < -0.39 is 0 Å². The monoisotopic (exact) mass is 278 g/mol. The lowest BCUT2D eigenvalue weighted by Crippen LogP contribution is -2.28. The number of rotatable bonds is 1.